The van der Waals surface area contributed by atoms with Crippen LogP contribution in [-0.2, 0) is 0 Å². The summed E-state index contributed by atoms with van der Waals surface area (Å²) in [5.41, 5.74) is 2.20. The highest BCUT2D eigenvalue weighted by Crippen LogP contribution is 2.36. The van der Waals surface area contributed by atoms with Gasteiger partial charge < -0.3 is 4.74 Å². The average Bonchev–Trinajstić information content (AvgIpc) is 2.71. The van der Waals surface area contributed by atoms with Crippen LogP contribution in [0.15, 0.2) is 36.4 Å². The molecule has 0 unspecified atom stereocenters. The van der Waals surface area contributed by atoms with Crippen molar-refractivity contribution < 1.29 is 13.5 Å². The molecule has 0 saturated heterocycles. The molecule has 1 nitrogen and oxygen atoms in total. The number of halogens is 2. The molecule has 0 amide bonds. The van der Waals surface area contributed by atoms with Crippen molar-refractivity contribution in [1.82, 2.24) is 0 Å². The Hall–Kier alpha value is -2.34. The van der Waals surface area contributed by atoms with Gasteiger partial charge in [-0.2, -0.15) is 4.39 Å². The molecule has 1 saturated carbocycles. The Bertz CT molecular complexity index is 822. The number of ether oxygens (including phenoxy) is 1. The summed E-state index contributed by atoms with van der Waals surface area (Å²) in [5, 5.41) is 0. The van der Waals surface area contributed by atoms with Gasteiger partial charge in [0, 0.05) is 5.56 Å². The summed E-state index contributed by atoms with van der Waals surface area (Å²) in [6, 6.07) is 11.1. The van der Waals surface area contributed by atoms with Crippen molar-refractivity contribution in [3.8, 4) is 17.6 Å². The zero-order chi connectivity index (χ0) is 19.2. The lowest BCUT2D eigenvalue weighted by Gasteiger charge is -2.28. The maximum Gasteiger partial charge on any atom is 0.201 e. The van der Waals surface area contributed by atoms with Crippen molar-refractivity contribution in [1.29, 1.82) is 0 Å². The van der Waals surface area contributed by atoms with Gasteiger partial charge in [0.1, 0.15) is 0 Å². The molecule has 3 heteroatoms. The van der Waals surface area contributed by atoms with Gasteiger partial charge in [-0.15, -0.1) is 0 Å². The van der Waals surface area contributed by atoms with Crippen molar-refractivity contribution >= 4 is 0 Å². The Morgan fingerprint density at radius 1 is 0.889 bits per heavy atom. The lowest BCUT2D eigenvalue weighted by atomic mass is 9.78. The van der Waals surface area contributed by atoms with Gasteiger partial charge in [0.15, 0.2) is 11.6 Å². The Kier molecular flexibility index (Phi) is 6.50. The van der Waals surface area contributed by atoms with E-state index >= 15 is 0 Å². The first-order valence-electron chi connectivity index (χ1n) is 9.85. The van der Waals surface area contributed by atoms with E-state index < -0.39 is 11.6 Å². The molecule has 1 fully saturated rings. The van der Waals surface area contributed by atoms with Crippen molar-refractivity contribution in [2.75, 3.05) is 6.61 Å². The van der Waals surface area contributed by atoms with Crippen LogP contribution >= 0.6 is 0 Å². The SMILES string of the molecule is CCOc1ccc(C#Cc2ccc([C@H]3CC[C@H](CC)CC3)cc2)c(F)c1F. The van der Waals surface area contributed by atoms with E-state index in [0.717, 1.165) is 11.5 Å². The van der Waals surface area contributed by atoms with Crippen molar-refractivity contribution in [3.63, 3.8) is 0 Å². The lowest BCUT2D eigenvalue weighted by Crippen LogP contribution is -2.12. The van der Waals surface area contributed by atoms with Crippen LogP contribution in [0.3, 0.4) is 0 Å². The van der Waals surface area contributed by atoms with E-state index in [0.29, 0.717) is 5.92 Å². The molecular weight excluding hydrogens is 342 g/mol. The smallest absolute Gasteiger partial charge is 0.201 e. The summed E-state index contributed by atoms with van der Waals surface area (Å²) in [6.07, 6.45) is 6.40. The molecule has 1 aliphatic carbocycles. The fourth-order valence-electron chi connectivity index (χ4n) is 3.78. The van der Waals surface area contributed by atoms with Crippen LogP contribution in [0.2, 0.25) is 0 Å². The molecule has 0 N–H and O–H groups in total. The van der Waals surface area contributed by atoms with E-state index in [1.165, 1.54) is 49.8 Å². The van der Waals surface area contributed by atoms with E-state index in [9.17, 15) is 8.78 Å². The van der Waals surface area contributed by atoms with Crippen LogP contribution in [0.25, 0.3) is 0 Å². The molecule has 0 atom stereocenters. The molecule has 1 aliphatic rings. The van der Waals surface area contributed by atoms with E-state index in [4.69, 9.17) is 4.74 Å². The van der Waals surface area contributed by atoms with Crippen molar-refractivity contribution in [2.45, 2.75) is 51.9 Å². The topological polar surface area (TPSA) is 9.23 Å². The summed E-state index contributed by atoms with van der Waals surface area (Å²) in [6.45, 7) is 4.29. The fourth-order valence-corrected chi connectivity index (χ4v) is 3.78. The van der Waals surface area contributed by atoms with Gasteiger partial charge in [-0.3, -0.25) is 0 Å². The minimum Gasteiger partial charge on any atom is -0.491 e. The Morgan fingerprint density at radius 2 is 1.59 bits per heavy atom. The number of benzene rings is 2. The van der Waals surface area contributed by atoms with Crippen LogP contribution in [0, 0.1) is 29.4 Å². The summed E-state index contributed by atoms with van der Waals surface area (Å²) < 4.78 is 33.1. The molecule has 0 spiro atoms. The summed E-state index contributed by atoms with van der Waals surface area (Å²) in [5.74, 6) is 5.15. The molecule has 0 heterocycles. The number of rotatable bonds is 4. The molecule has 2 aromatic rings. The highest BCUT2D eigenvalue weighted by Gasteiger charge is 2.21. The molecule has 0 bridgehead atoms. The van der Waals surface area contributed by atoms with Gasteiger partial charge in [0.25, 0.3) is 0 Å². The normalized spacial score (nSPS) is 19.3. The summed E-state index contributed by atoms with van der Waals surface area (Å²) >= 11 is 0. The third-order valence-corrected chi connectivity index (χ3v) is 5.49. The molecular formula is C24H26F2O. The first kappa shape index (κ1) is 19.4. The fraction of sp³-hybridized carbons (Fsp3) is 0.417. The second kappa shape index (κ2) is 9.04. The maximum atomic E-state index is 14.1. The Morgan fingerprint density at radius 3 is 2.22 bits per heavy atom. The van der Waals surface area contributed by atoms with Crippen LogP contribution < -0.4 is 4.74 Å². The maximum absolute atomic E-state index is 14.1. The molecule has 2 aromatic carbocycles. The highest BCUT2D eigenvalue weighted by molar-refractivity contribution is 5.46. The van der Waals surface area contributed by atoms with Crippen LogP contribution in [0.4, 0.5) is 8.78 Å². The zero-order valence-corrected chi connectivity index (χ0v) is 16.0. The van der Waals surface area contributed by atoms with Gasteiger partial charge >= 0.3 is 0 Å². The monoisotopic (exact) mass is 368 g/mol. The molecule has 0 aromatic heterocycles. The molecule has 142 valence electrons. The average molecular weight is 368 g/mol. The zero-order valence-electron chi connectivity index (χ0n) is 16.0. The van der Waals surface area contributed by atoms with E-state index in [1.807, 2.05) is 12.1 Å². The van der Waals surface area contributed by atoms with Gasteiger partial charge in [-0.25, -0.2) is 4.39 Å². The lowest BCUT2D eigenvalue weighted by molar-refractivity contribution is 0.314. The van der Waals surface area contributed by atoms with Gasteiger partial charge in [-0.05, 0) is 74.3 Å². The predicted octanol–water partition coefficient (Wildman–Crippen LogP) is 6.45. The molecule has 27 heavy (non-hydrogen) atoms. The number of hydrogen-bond acceptors (Lipinski definition) is 1. The first-order valence-corrected chi connectivity index (χ1v) is 9.85. The van der Waals surface area contributed by atoms with Gasteiger partial charge in [-0.1, -0.05) is 37.3 Å². The third kappa shape index (κ3) is 4.69. The van der Waals surface area contributed by atoms with Crippen LogP contribution in [0.1, 0.15) is 68.6 Å². The second-order valence-electron chi connectivity index (χ2n) is 7.17. The minimum atomic E-state index is -0.985. The van der Waals surface area contributed by atoms with Crippen LogP contribution in [-0.4, -0.2) is 6.61 Å². The molecule has 0 aliphatic heterocycles. The molecule has 3 rings (SSSR count). The van der Waals surface area contributed by atoms with Gasteiger partial charge in [0.05, 0.1) is 12.2 Å². The molecule has 0 radical (unpaired) electrons. The Labute approximate surface area is 160 Å². The Balaban J connectivity index is 1.70. The van der Waals surface area contributed by atoms with E-state index in [2.05, 4.69) is 30.9 Å². The summed E-state index contributed by atoms with van der Waals surface area (Å²) in [7, 11) is 0. The van der Waals surface area contributed by atoms with Crippen molar-refractivity contribution in [2.24, 2.45) is 5.92 Å². The first-order chi connectivity index (χ1) is 13.1. The van der Waals surface area contributed by atoms with E-state index in [-0.39, 0.29) is 17.9 Å². The summed E-state index contributed by atoms with van der Waals surface area (Å²) in [4.78, 5) is 0. The third-order valence-electron chi connectivity index (χ3n) is 5.49. The van der Waals surface area contributed by atoms with Crippen molar-refractivity contribution in [3.05, 3.63) is 64.7 Å². The minimum absolute atomic E-state index is 0.0397. The largest absolute Gasteiger partial charge is 0.491 e. The highest BCUT2D eigenvalue weighted by atomic mass is 19.2. The standard InChI is InChI=1S/C24H26F2O/c1-3-17-5-10-19(11-6-17)20-12-7-18(8-13-20)9-14-21-15-16-22(27-4-2)24(26)23(21)25/h7-8,12-13,15-17,19H,3-6,10-11H2,1-2H3/t17-,19-. The van der Waals surface area contributed by atoms with E-state index in [1.54, 1.807) is 6.92 Å². The second-order valence-corrected chi connectivity index (χ2v) is 7.17. The quantitative estimate of drug-likeness (QED) is 0.564. The van der Waals surface area contributed by atoms with Crippen LogP contribution in [0.5, 0.6) is 5.75 Å². The number of hydrogen-bond donors (Lipinski definition) is 0. The predicted molar refractivity (Wildman–Crippen MR) is 105 cm³/mol. The van der Waals surface area contributed by atoms with Gasteiger partial charge in [0.2, 0.25) is 5.82 Å².